The van der Waals surface area contributed by atoms with E-state index in [1.807, 2.05) is 30.3 Å². The Morgan fingerprint density at radius 2 is 2.08 bits per heavy atom. The monoisotopic (exact) mass is 329 g/mol. The van der Waals surface area contributed by atoms with Gasteiger partial charge in [0.2, 0.25) is 0 Å². The van der Waals surface area contributed by atoms with Crippen LogP contribution in [0.25, 0.3) is 0 Å². The zero-order chi connectivity index (χ0) is 17.2. The first-order chi connectivity index (χ1) is 11.5. The summed E-state index contributed by atoms with van der Waals surface area (Å²) in [7, 11) is 0. The molecule has 7 heteroatoms. The van der Waals surface area contributed by atoms with Gasteiger partial charge in [-0.25, -0.2) is 4.98 Å². The number of carbonyl (C=O) groups excluding carboxylic acids is 1. The number of aliphatic hydroxyl groups is 1. The van der Waals surface area contributed by atoms with E-state index in [0.717, 1.165) is 5.56 Å². The van der Waals surface area contributed by atoms with Gasteiger partial charge in [-0.2, -0.15) is 0 Å². The lowest BCUT2D eigenvalue weighted by Gasteiger charge is -2.43. The molecule has 2 aromatic rings. The number of amides is 1. The number of carbonyl (C=O) groups is 2. The molecule has 1 amide bonds. The van der Waals surface area contributed by atoms with Gasteiger partial charge in [-0.15, -0.1) is 0 Å². The zero-order valence-electron chi connectivity index (χ0n) is 13.1. The summed E-state index contributed by atoms with van der Waals surface area (Å²) < 4.78 is 0. The highest BCUT2D eigenvalue weighted by Gasteiger charge is 2.50. The molecule has 2 atom stereocenters. The molecule has 0 spiro atoms. The standard InChI is InChI=1S/C17H19N3O4/c21-14-6-7-20(15(22)13-9-18-11-19-13)10-17(14,16(23)24)8-12-4-2-1-3-5-12/h1-5,9,11,14,21H,6-8,10H2,(H,18,19)(H,23,24)/t14-,17-/m1/s1. The van der Waals surface area contributed by atoms with Crippen molar-refractivity contribution in [2.75, 3.05) is 13.1 Å². The van der Waals surface area contributed by atoms with E-state index in [9.17, 15) is 19.8 Å². The summed E-state index contributed by atoms with van der Waals surface area (Å²) in [5, 5.41) is 20.3. The smallest absolute Gasteiger partial charge is 0.314 e. The Bertz CT molecular complexity index is 717. The SMILES string of the molecule is O=C(c1cnc[nH]1)N1CC[C@@H](O)[C@](Cc2ccccc2)(C(=O)O)C1. The van der Waals surface area contributed by atoms with E-state index < -0.39 is 17.5 Å². The number of rotatable bonds is 4. The molecule has 1 aromatic heterocycles. The molecule has 0 aliphatic carbocycles. The summed E-state index contributed by atoms with van der Waals surface area (Å²) in [6.45, 7) is 0.263. The van der Waals surface area contributed by atoms with Gasteiger partial charge in [-0.3, -0.25) is 9.59 Å². The molecule has 0 unspecified atom stereocenters. The maximum absolute atomic E-state index is 12.5. The number of likely N-dealkylation sites (tertiary alicyclic amines) is 1. The van der Waals surface area contributed by atoms with Crippen LogP contribution in [-0.4, -0.2) is 56.2 Å². The first kappa shape index (κ1) is 16.2. The molecule has 0 bridgehead atoms. The predicted octanol–water partition coefficient (Wildman–Crippen LogP) is 0.930. The minimum atomic E-state index is -1.42. The molecule has 0 saturated carbocycles. The number of aliphatic hydroxyl groups excluding tert-OH is 1. The number of carboxylic acid groups (broad SMARTS) is 1. The molecular weight excluding hydrogens is 310 g/mol. The summed E-state index contributed by atoms with van der Waals surface area (Å²) in [6, 6.07) is 9.16. The van der Waals surface area contributed by atoms with Crippen molar-refractivity contribution in [3.63, 3.8) is 0 Å². The number of aromatic amines is 1. The van der Waals surface area contributed by atoms with Crippen LogP contribution < -0.4 is 0 Å². The van der Waals surface area contributed by atoms with E-state index >= 15 is 0 Å². The van der Waals surface area contributed by atoms with Gasteiger partial charge in [0.1, 0.15) is 11.1 Å². The van der Waals surface area contributed by atoms with Crippen molar-refractivity contribution in [2.45, 2.75) is 18.9 Å². The Labute approximate surface area is 139 Å². The fraction of sp³-hybridized carbons (Fsp3) is 0.353. The predicted molar refractivity (Wildman–Crippen MR) is 85.3 cm³/mol. The lowest BCUT2D eigenvalue weighted by atomic mass is 9.72. The average molecular weight is 329 g/mol. The van der Waals surface area contributed by atoms with Crippen LogP contribution in [0.15, 0.2) is 42.9 Å². The third-order valence-electron chi connectivity index (χ3n) is 4.59. The van der Waals surface area contributed by atoms with Crippen LogP contribution in [0.4, 0.5) is 0 Å². The number of benzene rings is 1. The van der Waals surface area contributed by atoms with Crippen molar-refractivity contribution in [1.29, 1.82) is 0 Å². The highest BCUT2D eigenvalue weighted by molar-refractivity contribution is 5.92. The van der Waals surface area contributed by atoms with Crippen molar-refractivity contribution in [2.24, 2.45) is 5.41 Å². The van der Waals surface area contributed by atoms with Gasteiger partial charge >= 0.3 is 5.97 Å². The van der Waals surface area contributed by atoms with Crippen LogP contribution in [0.1, 0.15) is 22.5 Å². The van der Waals surface area contributed by atoms with E-state index in [-0.39, 0.29) is 25.3 Å². The number of H-pyrrole nitrogens is 1. The Morgan fingerprint density at radius 1 is 1.33 bits per heavy atom. The maximum atomic E-state index is 12.5. The number of aromatic nitrogens is 2. The fourth-order valence-electron chi connectivity index (χ4n) is 3.22. The number of carboxylic acids is 1. The van der Waals surface area contributed by atoms with E-state index in [0.29, 0.717) is 12.2 Å². The third kappa shape index (κ3) is 2.90. The molecule has 2 heterocycles. The van der Waals surface area contributed by atoms with Crippen LogP contribution >= 0.6 is 0 Å². The highest BCUT2D eigenvalue weighted by atomic mass is 16.4. The van der Waals surface area contributed by atoms with Gasteiger partial charge in [0.25, 0.3) is 5.91 Å². The second-order valence-electron chi connectivity index (χ2n) is 6.12. The number of hydrogen-bond acceptors (Lipinski definition) is 4. The minimum Gasteiger partial charge on any atom is -0.481 e. The topological polar surface area (TPSA) is 107 Å². The lowest BCUT2D eigenvalue weighted by Crippen LogP contribution is -2.58. The number of hydrogen-bond donors (Lipinski definition) is 3. The van der Waals surface area contributed by atoms with E-state index in [1.54, 1.807) is 0 Å². The summed E-state index contributed by atoms with van der Waals surface area (Å²) in [6.07, 6.45) is 2.19. The van der Waals surface area contributed by atoms with E-state index in [2.05, 4.69) is 9.97 Å². The van der Waals surface area contributed by atoms with Crippen molar-refractivity contribution >= 4 is 11.9 Å². The van der Waals surface area contributed by atoms with Crippen molar-refractivity contribution in [1.82, 2.24) is 14.9 Å². The molecule has 7 nitrogen and oxygen atoms in total. The van der Waals surface area contributed by atoms with Gasteiger partial charge in [0.05, 0.1) is 18.6 Å². The van der Waals surface area contributed by atoms with Gasteiger partial charge in [-0.1, -0.05) is 30.3 Å². The average Bonchev–Trinajstić information content (AvgIpc) is 3.11. The largest absolute Gasteiger partial charge is 0.481 e. The molecule has 24 heavy (non-hydrogen) atoms. The van der Waals surface area contributed by atoms with Crippen molar-refractivity contribution in [3.8, 4) is 0 Å². The number of aliphatic carboxylic acids is 1. The second-order valence-corrected chi connectivity index (χ2v) is 6.12. The van der Waals surface area contributed by atoms with Crippen LogP contribution in [-0.2, 0) is 11.2 Å². The zero-order valence-corrected chi connectivity index (χ0v) is 13.1. The molecule has 3 N–H and O–H groups in total. The first-order valence-corrected chi connectivity index (χ1v) is 7.76. The molecule has 1 aromatic carbocycles. The molecule has 1 saturated heterocycles. The maximum Gasteiger partial charge on any atom is 0.314 e. The minimum absolute atomic E-state index is 0.0454. The summed E-state index contributed by atoms with van der Waals surface area (Å²) in [5.74, 6) is -1.40. The van der Waals surface area contributed by atoms with Crippen LogP contribution in [0.5, 0.6) is 0 Å². The normalized spacial score (nSPS) is 23.9. The highest BCUT2D eigenvalue weighted by Crippen LogP contribution is 2.35. The number of nitrogens with one attached hydrogen (secondary N) is 1. The van der Waals surface area contributed by atoms with Crippen LogP contribution in [0.2, 0.25) is 0 Å². The lowest BCUT2D eigenvalue weighted by molar-refractivity contribution is -0.161. The molecule has 1 aliphatic rings. The van der Waals surface area contributed by atoms with Gasteiger partial charge in [0.15, 0.2) is 0 Å². The Kier molecular flexibility index (Phi) is 4.35. The quantitative estimate of drug-likeness (QED) is 0.774. The molecule has 1 fully saturated rings. The molecule has 1 aliphatic heterocycles. The molecule has 126 valence electrons. The summed E-state index contributed by atoms with van der Waals surface area (Å²) >= 11 is 0. The number of piperidine rings is 1. The Morgan fingerprint density at radius 3 is 2.71 bits per heavy atom. The van der Waals surface area contributed by atoms with Crippen molar-refractivity contribution in [3.05, 3.63) is 54.1 Å². The third-order valence-corrected chi connectivity index (χ3v) is 4.59. The Balaban J connectivity index is 1.88. The summed E-state index contributed by atoms with van der Waals surface area (Å²) in [5.41, 5.74) is -0.296. The Hall–Kier alpha value is -2.67. The van der Waals surface area contributed by atoms with Crippen LogP contribution in [0.3, 0.4) is 0 Å². The molecule has 3 rings (SSSR count). The summed E-state index contributed by atoms with van der Waals surface area (Å²) in [4.78, 5) is 32.6. The van der Waals surface area contributed by atoms with Crippen LogP contribution in [0, 0.1) is 5.41 Å². The number of imidazole rings is 1. The van der Waals surface area contributed by atoms with E-state index in [1.165, 1.54) is 17.4 Å². The number of nitrogens with zero attached hydrogens (tertiary/aromatic N) is 2. The van der Waals surface area contributed by atoms with Crippen molar-refractivity contribution < 1.29 is 19.8 Å². The fourth-order valence-corrected chi connectivity index (χ4v) is 3.22. The van der Waals surface area contributed by atoms with E-state index in [4.69, 9.17) is 0 Å². The van der Waals surface area contributed by atoms with Gasteiger partial charge in [0, 0.05) is 13.1 Å². The van der Waals surface area contributed by atoms with Gasteiger partial charge < -0.3 is 20.1 Å². The molecular formula is C17H19N3O4. The second kappa shape index (κ2) is 6.45. The van der Waals surface area contributed by atoms with Gasteiger partial charge in [-0.05, 0) is 18.4 Å². The molecule has 0 radical (unpaired) electrons. The first-order valence-electron chi connectivity index (χ1n) is 7.76.